The van der Waals surface area contributed by atoms with Crippen molar-refractivity contribution in [2.75, 3.05) is 20.2 Å². The van der Waals surface area contributed by atoms with E-state index >= 15 is 0 Å². The van der Waals surface area contributed by atoms with Crippen molar-refractivity contribution in [2.45, 2.75) is 57.7 Å². The molecule has 1 amide bonds. The highest BCUT2D eigenvalue weighted by Crippen LogP contribution is 2.23. The molecule has 1 unspecified atom stereocenters. The van der Waals surface area contributed by atoms with Gasteiger partial charge in [0.2, 0.25) is 5.91 Å². The molecule has 0 aromatic carbocycles. The Bertz CT molecular complexity index is 443. The summed E-state index contributed by atoms with van der Waals surface area (Å²) in [6.45, 7) is 2.67. The second-order valence-corrected chi connectivity index (χ2v) is 6.15. The number of rotatable bonds is 7. The number of imidazole rings is 1. The topological polar surface area (TPSA) is 72.5 Å². The molecule has 22 heavy (non-hydrogen) atoms. The first-order chi connectivity index (χ1) is 10.6. The quantitative estimate of drug-likeness (QED) is 0.798. The zero-order valence-electron chi connectivity index (χ0n) is 13.7. The molecular formula is C16H28N4O2. The van der Waals surface area contributed by atoms with E-state index in [-0.39, 0.29) is 18.6 Å². The maximum atomic E-state index is 12.8. The molecule has 0 aliphatic heterocycles. The lowest BCUT2D eigenvalue weighted by molar-refractivity contribution is -0.138. The minimum Gasteiger partial charge on any atom is -0.395 e. The van der Waals surface area contributed by atoms with Gasteiger partial charge in [-0.3, -0.25) is 9.69 Å². The number of hydrogen-bond donors (Lipinski definition) is 2. The lowest BCUT2D eigenvalue weighted by Crippen LogP contribution is -2.50. The van der Waals surface area contributed by atoms with E-state index in [0.29, 0.717) is 19.1 Å². The van der Waals surface area contributed by atoms with E-state index in [0.717, 1.165) is 5.82 Å². The van der Waals surface area contributed by atoms with Crippen molar-refractivity contribution in [1.82, 2.24) is 19.8 Å². The second-order valence-electron chi connectivity index (χ2n) is 6.15. The lowest BCUT2D eigenvalue weighted by atomic mass is 9.93. The molecule has 1 fully saturated rings. The van der Waals surface area contributed by atoms with Crippen LogP contribution in [0.3, 0.4) is 0 Å². The predicted octanol–water partition coefficient (Wildman–Crippen LogP) is 1.38. The van der Waals surface area contributed by atoms with Gasteiger partial charge in [0, 0.05) is 25.0 Å². The van der Waals surface area contributed by atoms with Crippen molar-refractivity contribution in [3.05, 3.63) is 18.2 Å². The predicted molar refractivity (Wildman–Crippen MR) is 85.2 cm³/mol. The van der Waals surface area contributed by atoms with Crippen LogP contribution in [0.25, 0.3) is 0 Å². The highest BCUT2D eigenvalue weighted by atomic mass is 16.3. The van der Waals surface area contributed by atoms with E-state index in [2.05, 4.69) is 14.9 Å². The maximum absolute atomic E-state index is 12.8. The Morgan fingerprint density at radius 1 is 1.45 bits per heavy atom. The molecule has 1 aromatic rings. The molecule has 1 aliphatic carbocycles. The summed E-state index contributed by atoms with van der Waals surface area (Å²) in [5.74, 6) is 0.799. The van der Waals surface area contributed by atoms with Crippen LogP contribution in [0.5, 0.6) is 0 Å². The molecule has 2 N–H and O–H groups in total. The van der Waals surface area contributed by atoms with Crippen LogP contribution in [0.1, 0.15) is 44.9 Å². The van der Waals surface area contributed by atoms with Gasteiger partial charge in [-0.15, -0.1) is 0 Å². The molecule has 0 saturated heterocycles. The number of H-pyrrole nitrogens is 1. The van der Waals surface area contributed by atoms with Gasteiger partial charge in [0.05, 0.1) is 19.2 Å². The number of hydrogen-bond acceptors (Lipinski definition) is 4. The summed E-state index contributed by atoms with van der Waals surface area (Å²) >= 11 is 0. The zero-order chi connectivity index (χ0) is 15.9. The standard InChI is InChI=1S/C16H28N4O2/c1-13(19(2)14-6-4-3-5-7-14)16(22)20(10-11-21)12-15-17-8-9-18-15/h8-9,13-14,21H,3-7,10-12H2,1-2H3,(H,17,18). The van der Waals surface area contributed by atoms with Crippen LogP contribution in [0.2, 0.25) is 0 Å². The number of aromatic amines is 1. The van der Waals surface area contributed by atoms with Gasteiger partial charge in [-0.2, -0.15) is 0 Å². The molecule has 0 bridgehead atoms. The Morgan fingerprint density at radius 3 is 2.77 bits per heavy atom. The normalized spacial score (nSPS) is 17.6. The Hall–Kier alpha value is -1.40. The number of aliphatic hydroxyl groups is 1. The first kappa shape index (κ1) is 17.0. The van der Waals surface area contributed by atoms with Gasteiger partial charge in [-0.1, -0.05) is 19.3 Å². The van der Waals surface area contributed by atoms with Crippen molar-refractivity contribution in [1.29, 1.82) is 0 Å². The zero-order valence-corrected chi connectivity index (χ0v) is 13.7. The van der Waals surface area contributed by atoms with Gasteiger partial charge in [0.25, 0.3) is 0 Å². The summed E-state index contributed by atoms with van der Waals surface area (Å²) in [6.07, 6.45) is 9.58. The summed E-state index contributed by atoms with van der Waals surface area (Å²) in [5, 5.41) is 9.25. The van der Waals surface area contributed by atoms with Gasteiger partial charge in [0.15, 0.2) is 0 Å². The van der Waals surface area contributed by atoms with E-state index in [9.17, 15) is 9.90 Å². The van der Waals surface area contributed by atoms with E-state index in [4.69, 9.17) is 0 Å². The Balaban J connectivity index is 1.98. The molecule has 0 spiro atoms. The van der Waals surface area contributed by atoms with E-state index < -0.39 is 0 Å². The molecule has 1 saturated carbocycles. The molecule has 2 rings (SSSR count). The molecule has 1 heterocycles. The monoisotopic (exact) mass is 308 g/mol. The van der Waals surface area contributed by atoms with Crippen LogP contribution in [-0.2, 0) is 11.3 Å². The molecule has 1 aliphatic rings. The first-order valence-corrected chi connectivity index (χ1v) is 8.23. The Kier molecular flexibility index (Phi) is 6.39. The second kappa shape index (κ2) is 8.29. The number of likely N-dealkylation sites (N-methyl/N-ethyl adjacent to an activating group) is 1. The van der Waals surface area contributed by atoms with Gasteiger partial charge >= 0.3 is 0 Å². The average molecular weight is 308 g/mol. The third kappa shape index (κ3) is 4.30. The van der Waals surface area contributed by atoms with E-state index in [1.807, 2.05) is 14.0 Å². The fraction of sp³-hybridized carbons (Fsp3) is 0.750. The smallest absolute Gasteiger partial charge is 0.240 e. The minimum atomic E-state index is -0.176. The van der Waals surface area contributed by atoms with Crippen LogP contribution < -0.4 is 0 Å². The minimum absolute atomic E-state index is 0.0354. The van der Waals surface area contributed by atoms with Gasteiger partial charge in [-0.05, 0) is 26.8 Å². The molecule has 0 radical (unpaired) electrons. The summed E-state index contributed by atoms with van der Waals surface area (Å²) in [4.78, 5) is 23.8. The van der Waals surface area contributed by atoms with Crippen molar-refractivity contribution < 1.29 is 9.90 Å². The number of nitrogens with one attached hydrogen (secondary N) is 1. The highest BCUT2D eigenvalue weighted by Gasteiger charge is 2.29. The average Bonchev–Trinajstić information content (AvgIpc) is 3.06. The Morgan fingerprint density at radius 2 is 2.18 bits per heavy atom. The molecule has 6 nitrogen and oxygen atoms in total. The van der Waals surface area contributed by atoms with Crippen molar-refractivity contribution in [3.63, 3.8) is 0 Å². The summed E-state index contributed by atoms with van der Waals surface area (Å²) < 4.78 is 0. The van der Waals surface area contributed by atoms with Crippen LogP contribution in [0.15, 0.2) is 12.4 Å². The first-order valence-electron chi connectivity index (χ1n) is 8.23. The molecule has 1 aromatic heterocycles. The van der Waals surface area contributed by atoms with Crippen molar-refractivity contribution in [2.24, 2.45) is 0 Å². The lowest BCUT2D eigenvalue weighted by Gasteiger charge is -2.36. The van der Waals surface area contributed by atoms with Crippen molar-refractivity contribution in [3.8, 4) is 0 Å². The molecular weight excluding hydrogens is 280 g/mol. The third-order valence-electron chi connectivity index (χ3n) is 4.70. The Labute approximate surface area is 132 Å². The highest BCUT2D eigenvalue weighted by molar-refractivity contribution is 5.81. The molecule has 124 valence electrons. The SMILES string of the molecule is CC(C(=O)N(CCO)Cc1ncc[nH]1)N(C)C1CCCCC1. The summed E-state index contributed by atoms with van der Waals surface area (Å²) in [5.41, 5.74) is 0. The largest absolute Gasteiger partial charge is 0.395 e. The van der Waals surface area contributed by atoms with Crippen LogP contribution >= 0.6 is 0 Å². The number of nitrogens with zero attached hydrogens (tertiary/aromatic N) is 3. The van der Waals surface area contributed by atoms with Crippen molar-refractivity contribution >= 4 is 5.91 Å². The number of aromatic nitrogens is 2. The number of carbonyl (C=O) groups is 1. The van der Waals surface area contributed by atoms with Crippen LogP contribution in [0.4, 0.5) is 0 Å². The van der Waals surface area contributed by atoms with Crippen LogP contribution in [0, 0.1) is 0 Å². The van der Waals surface area contributed by atoms with E-state index in [1.165, 1.54) is 32.1 Å². The molecule has 1 atom stereocenters. The molecule has 6 heteroatoms. The van der Waals surface area contributed by atoms with Gasteiger partial charge in [-0.25, -0.2) is 4.98 Å². The number of aliphatic hydroxyl groups excluding tert-OH is 1. The van der Waals surface area contributed by atoms with Gasteiger partial charge in [0.1, 0.15) is 5.82 Å². The van der Waals surface area contributed by atoms with Crippen LogP contribution in [-0.4, -0.2) is 63.1 Å². The van der Waals surface area contributed by atoms with Gasteiger partial charge < -0.3 is 15.0 Å². The number of amides is 1. The summed E-state index contributed by atoms with van der Waals surface area (Å²) in [6, 6.07) is 0.317. The third-order valence-corrected chi connectivity index (χ3v) is 4.70. The number of carbonyl (C=O) groups excluding carboxylic acids is 1. The fourth-order valence-electron chi connectivity index (χ4n) is 3.20. The fourth-order valence-corrected chi connectivity index (χ4v) is 3.20. The van der Waals surface area contributed by atoms with E-state index in [1.54, 1.807) is 17.3 Å². The maximum Gasteiger partial charge on any atom is 0.240 e. The summed E-state index contributed by atoms with van der Waals surface area (Å²) in [7, 11) is 2.04.